The van der Waals surface area contributed by atoms with Crippen LogP contribution in [0.2, 0.25) is 0 Å². The molecule has 0 spiro atoms. The molecule has 2 atom stereocenters. The van der Waals surface area contributed by atoms with Crippen molar-refractivity contribution in [2.24, 2.45) is 5.92 Å². The normalized spacial score (nSPS) is 24.4. The van der Waals surface area contributed by atoms with Gasteiger partial charge in [0.15, 0.2) is 6.61 Å². The van der Waals surface area contributed by atoms with Crippen molar-refractivity contribution >= 4 is 16.9 Å². The summed E-state index contributed by atoms with van der Waals surface area (Å²) in [5.74, 6) is 0.664. The van der Waals surface area contributed by atoms with Gasteiger partial charge in [0.2, 0.25) is 0 Å². The van der Waals surface area contributed by atoms with Gasteiger partial charge in [-0.3, -0.25) is 4.79 Å². The second-order valence-electron chi connectivity index (χ2n) is 8.51. The highest BCUT2D eigenvalue weighted by Crippen LogP contribution is 2.39. The Morgan fingerprint density at radius 1 is 1.31 bits per heavy atom. The second-order valence-corrected chi connectivity index (χ2v) is 8.51. The zero-order valence-electron chi connectivity index (χ0n) is 17.2. The minimum absolute atomic E-state index is 0.0635. The van der Waals surface area contributed by atoms with Gasteiger partial charge in [-0.15, -0.1) is 0 Å². The first kappa shape index (κ1) is 20.0. The van der Waals surface area contributed by atoms with E-state index in [0.717, 1.165) is 42.2 Å². The number of likely N-dealkylation sites (tertiary alicyclic amines) is 1. The number of hydrogen-bond donors (Lipinski definition) is 1. The highest BCUT2D eigenvalue weighted by Gasteiger charge is 2.43. The number of carbonyl (C=O) groups excluding carboxylic acids is 1. The maximum absolute atomic E-state index is 12.8. The second kappa shape index (κ2) is 7.82. The molecule has 0 bridgehead atoms. The molecule has 29 heavy (non-hydrogen) atoms. The summed E-state index contributed by atoms with van der Waals surface area (Å²) in [6, 6.07) is 5.19. The summed E-state index contributed by atoms with van der Waals surface area (Å²) in [6.07, 6.45) is 5.31. The fraction of sp³-hybridized carbons (Fsp3) is 0.565. The predicted molar refractivity (Wildman–Crippen MR) is 110 cm³/mol. The van der Waals surface area contributed by atoms with E-state index in [-0.39, 0.29) is 24.1 Å². The van der Waals surface area contributed by atoms with Crippen molar-refractivity contribution in [1.29, 1.82) is 0 Å². The molecule has 1 saturated heterocycles. The number of nitrogens with zero attached hydrogens (tertiary/aromatic N) is 1. The van der Waals surface area contributed by atoms with Gasteiger partial charge in [-0.2, -0.15) is 0 Å². The van der Waals surface area contributed by atoms with Gasteiger partial charge in [0, 0.05) is 25.1 Å². The number of hydrogen-bond acceptors (Lipinski definition) is 5. The summed E-state index contributed by atoms with van der Waals surface area (Å²) in [7, 11) is 0. The van der Waals surface area contributed by atoms with Gasteiger partial charge in [0.1, 0.15) is 11.3 Å². The van der Waals surface area contributed by atoms with Crippen LogP contribution >= 0.6 is 0 Å². The molecule has 1 aromatic heterocycles. The average Bonchev–Trinajstić information content (AvgIpc) is 2.69. The molecule has 1 aromatic carbocycles. The molecule has 2 aromatic rings. The molecule has 1 N–H and O–H groups in total. The predicted octanol–water partition coefficient (Wildman–Crippen LogP) is 3.20. The number of carbonyl (C=O) groups is 1. The van der Waals surface area contributed by atoms with Crippen LogP contribution in [-0.4, -0.2) is 41.2 Å². The molecule has 0 unspecified atom stereocenters. The third kappa shape index (κ3) is 3.90. The lowest BCUT2D eigenvalue weighted by atomic mass is 9.71. The van der Waals surface area contributed by atoms with E-state index in [1.165, 1.54) is 6.07 Å². The minimum Gasteiger partial charge on any atom is -0.483 e. The van der Waals surface area contributed by atoms with Crippen molar-refractivity contribution in [3.05, 3.63) is 39.7 Å². The molecule has 156 valence electrons. The molecule has 1 amide bonds. The van der Waals surface area contributed by atoms with Gasteiger partial charge in [-0.1, -0.05) is 19.8 Å². The van der Waals surface area contributed by atoms with Gasteiger partial charge in [0.05, 0.1) is 11.0 Å². The van der Waals surface area contributed by atoms with Crippen molar-refractivity contribution in [3.63, 3.8) is 0 Å². The van der Waals surface area contributed by atoms with E-state index < -0.39 is 5.60 Å². The monoisotopic (exact) mass is 399 g/mol. The van der Waals surface area contributed by atoms with Crippen LogP contribution in [0.15, 0.2) is 27.4 Å². The first-order chi connectivity index (χ1) is 13.9. The molecule has 4 rings (SSSR count). The first-order valence-corrected chi connectivity index (χ1v) is 10.6. The van der Waals surface area contributed by atoms with Crippen LogP contribution in [-0.2, 0) is 11.2 Å². The van der Waals surface area contributed by atoms with Crippen LogP contribution < -0.4 is 10.4 Å². The Labute approximate surface area is 170 Å². The van der Waals surface area contributed by atoms with Gasteiger partial charge >= 0.3 is 5.63 Å². The van der Waals surface area contributed by atoms with Crippen molar-refractivity contribution < 1.29 is 19.1 Å². The SMILES string of the molecule is CCc1cc(=O)oc2cc(C)cc(OCC(=O)N3CC[C@@]4(O)CCCC[C@H]4C3)c12. The number of rotatable bonds is 4. The van der Waals surface area contributed by atoms with Crippen molar-refractivity contribution in [3.8, 4) is 5.75 Å². The molecule has 6 nitrogen and oxygen atoms in total. The Hall–Kier alpha value is -2.34. The number of amides is 1. The smallest absolute Gasteiger partial charge is 0.336 e. The Morgan fingerprint density at radius 3 is 2.93 bits per heavy atom. The van der Waals surface area contributed by atoms with E-state index in [1.54, 1.807) is 0 Å². The third-order valence-electron chi connectivity index (χ3n) is 6.55. The number of piperidine rings is 1. The minimum atomic E-state index is -0.601. The van der Waals surface area contributed by atoms with Crippen LogP contribution in [0.4, 0.5) is 0 Å². The summed E-state index contributed by atoms with van der Waals surface area (Å²) in [6.45, 7) is 4.98. The molecular formula is C23H29NO5. The maximum Gasteiger partial charge on any atom is 0.336 e. The standard InChI is InChI=1S/C23H29NO5/c1-3-16-12-21(26)29-19-11-15(2)10-18(22(16)19)28-14-20(25)24-9-8-23(27)7-5-4-6-17(23)13-24/h10-12,17,27H,3-9,13-14H2,1-2H3/t17-,23-/m0/s1. The van der Waals surface area contributed by atoms with E-state index >= 15 is 0 Å². The van der Waals surface area contributed by atoms with E-state index in [4.69, 9.17) is 9.15 Å². The number of benzene rings is 1. The Bertz CT molecular complexity index is 981. The van der Waals surface area contributed by atoms with Crippen LogP contribution in [0.1, 0.15) is 50.2 Å². The summed E-state index contributed by atoms with van der Waals surface area (Å²) in [4.78, 5) is 26.5. The van der Waals surface area contributed by atoms with Crippen molar-refractivity contribution in [2.45, 2.75) is 58.0 Å². The molecule has 1 aliphatic heterocycles. The van der Waals surface area contributed by atoms with Crippen LogP contribution in [0.25, 0.3) is 11.0 Å². The lowest BCUT2D eigenvalue weighted by Crippen LogP contribution is -2.55. The van der Waals surface area contributed by atoms with Gasteiger partial charge in [0.25, 0.3) is 5.91 Å². The van der Waals surface area contributed by atoms with Gasteiger partial charge in [-0.25, -0.2) is 4.79 Å². The lowest BCUT2D eigenvalue weighted by Gasteiger charge is -2.47. The third-order valence-corrected chi connectivity index (χ3v) is 6.55. The summed E-state index contributed by atoms with van der Waals surface area (Å²) < 4.78 is 11.3. The number of fused-ring (bicyclic) bond motifs is 2. The highest BCUT2D eigenvalue weighted by molar-refractivity contribution is 5.88. The lowest BCUT2D eigenvalue weighted by molar-refractivity contribution is -0.145. The van der Waals surface area contributed by atoms with Gasteiger partial charge in [-0.05, 0) is 55.9 Å². The Morgan fingerprint density at radius 2 is 2.14 bits per heavy atom. The topological polar surface area (TPSA) is 80.0 Å². The molecule has 1 aliphatic carbocycles. The van der Waals surface area contributed by atoms with Crippen LogP contribution in [0, 0.1) is 12.8 Å². The van der Waals surface area contributed by atoms with Crippen molar-refractivity contribution in [2.75, 3.05) is 19.7 Å². The highest BCUT2D eigenvalue weighted by atomic mass is 16.5. The Kier molecular flexibility index (Phi) is 5.38. The quantitative estimate of drug-likeness (QED) is 0.799. The fourth-order valence-electron chi connectivity index (χ4n) is 4.89. The summed E-state index contributed by atoms with van der Waals surface area (Å²) in [5.41, 5.74) is 1.26. The van der Waals surface area contributed by atoms with E-state index in [1.807, 2.05) is 30.9 Å². The zero-order valence-corrected chi connectivity index (χ0v) is 17.2. The van der Waals surface area contributed by atoms with Crippen LogP contribution in [0.3, 0.4) is 0 Å². The largest absolute Gasteiger partial charge is 0.483 e. The van der Waals surface area contributed by atoms with E-state index in [9.17, 15) is 14.7 Å². The molecule has 2 aliphatic rings. The average molecular weight is 399 g/mol. The first-order valence-electron chi connectivity index (χ1n) is 10.6. The van der Waals surface area contributed by atoms with Gasteiger partial charge < -0.3 is 19.2 Å². The fourth-order valence-corrected chi connectivity index (χ4v) is 4.89. The van der Waals surface area contributed by atoms with E-state index in [2.05, 4.69) is 0 Å². The molecular weight excluding hydrogens is 370 g/mol. The summed E-state index contributed by atoms with van der Waals surface area (Å²) >= 11 is 0. The molecule has 0 radical (unpaired) electrons. The van der Waals surface area contributed by atoms with Crippen LogP contribution in [0.5, 0.6) is 5.75 Å². The number of ether oxygens (including phenoxy) is 1. The van der Waals surface area contributed by atoms with E-state index in [0.29, 0.717) is 37.3 Å². The van der Waals surface area contributed by atoms with Crippen molar-refractivity contribution in [1.82, 2.24) is 4.90 Å². The zero-order chi connectivity index (χ0) is 20.6. The number of aryl methyl sites for hydroxylation is 2. The molecule has 2 fully saturated rings. The Balaban J connectivity index is 1.51. The maximum atomic E-state index is 12.8. The molecule has 1 saturated carbocycles. The number of aliphatic hydroxyl groups is 1. The molecule has 6 heteroatoms. The summed E-state index contributed by atoms with van der Waals surface area (Å²) in [5, 5.41) is 11.6. The molecule has 2 heterocycles.